The SMILES string of the molecule is O=C(NC1CC1)C(F)(F)C(=O)c1ccccc1O. The summed E-state index contributed by atoms with van der Waals surface area (Å²) in [6.07, 6.45) is 1.29. The highest BCUT2D eigenvalue weighted by Gasteiger charge is 2.49. The fourth-order valence-electron chi connectivity index (χ4n) is 1.44. The molecule has 0 saturated heterocycles. The van der Waals surface area contributed by atoms with Crippen molar-refractivity contribution in [2.75, 3.05) is 0 Å². The summed E-state index contributed by atoms with van der Waals surface area (Å²) in [6, 6.07) is 4.63. The molecule has 1 aliphatic carbocycles. The van der Waals surface area contributed by atoms with E-state index in [1.165, 1.54) is 12.1 Å². The molecule has 1 saturated carbocycles. The van der Waals surface area contributed by atoms with Gasteiger partial charge in [0, 0.05) is 6.04 Å². The number of rotatable bonds is 4. The number of phenolic OH excluding ortho intramolecular Hbond substituents is 1. The predicted octanol–water partition coefficient (Wildman–Crippen LogP) is 1.49. The summed E-state index contributed by atoms with van der Waals surface area (Å²) < 4.78 is 27.2. The molecule has 1 amide bonds. The van der Waals surface area contributed by atoms with Crippen LogP contribution in [0.4, 0.5) is 8.78 Å². The zero-order valence-electron chi connectivity index (χ0n) is 9.32. The molecule has 6 heteroatoms. The smallest absolute Gasteiger partial charge is 0.386 e. The van der Waals surface area contributed by atoms with Gasteiger partial charge in [-0.3, -0.25) is 9.59 Å². The lowest BCUT2D eigenvalue weighted by molar-refractivity contribution is -0.139. The van der Waals surface area contributed by atoms with Gasteiger partial charge in [0.25, 0.3) is 5.91 Å². The normalized spacial score (nSPS) is 15.2. The summed E-state index contributed by atoms with van der Waals surface area (Å²) in [6.45, 7) is 0. The Kier molecular flexibility index (Phi) is 3.02. The Hall–Kier alpha value is -1.98. The number of aromatic hydroxyl groups is 1. The van der Waals surface area contributed by atoms with Crippen molar-refractivity contribution in [1.82, 2.24) is 5.32 Å². The van der Waals surface area contributed by atoms with Gasteiger partial charge in [0.15, 0.2) is 0 Å². The molecule has 0 heterocycles. The van der Waals surface area contributed by atoms with Crippen LogP contribution in [-0.4, -0.2) is 28.8 Å². The molecule has 0 unspecified atom stereocenters. The lowest BCUT2D eigenvalue weighted by atomic mass is 10.0. The van der Waals surface area contributed by atoms with Crippen LogP contribution in [0.5, 0.6) is 5.75 Å². The van der Waals surface area contributed by atoms with Gasteiger partial charge in [-0.25, -0.2) is 0 Å². The largest absolute Gasteiger partial charge is 0.507 e. The molecule has 1 fully saturated rings. The number of halogens is 2. The van der Waals surface area contributed by atoms with E-state index in [-0.39, 0.29) is 6.04 Å². The van der Waals surface area contributed by atoms with Crippen LogP contribution in [0.15, 0.2) is 24.3 Å². The summed E-state index contributed by atoms with van der Waals surface area (Å²) in [5, 5.41) is 11.4. The molecule has 0 atom stereocenters. The quantitative estimate of drug-likeness (QED) is 0.632. The van der Waals surface area contributed by atoms with E-state index in [2.05, 4.69) is 5.32 Å². The van der Waals surface area contributed by atoms with Crippen molar-refractivity contribution in [1.29, 1.82) is 0 Å². The van der Waals surface area contributed by atoms with E-state index in [1.807, 2.05) is 0 Å². The number of Topliss-reactive ketones (excluding diaryl/α,β-unsaturated/α-hetero) is 1. The molecule has 0 aromatic heterocycles. The number of hydrogen-bond donors (Lipinski definition) is 2. The van der Waals surface area contributed by atoms with E-state index >= 15 is 0 Å². The lowest BCUT2D eigenvalue weighted by Crippen LogP contribution is -2.46. The minimum Gasteiger partial charge on any atom is -0.507 e. The van der Waals surface area contributed by atoms with Crippen LogP contribution in [0.25, 0.3) is 0 Å². The summed E-state index contributed by atoms with van der Waals surface area (Å²) in [7, 11) is 0. The molecule has 1 aromatic rings. The van der Waals surface area contributed by atoms with Crippen molar-refractivity contribution >= 4 is 11.7 Å². The van der Waals surface area contributed by atoms with Crippen LogP contribution in [-0.2, 0) is 4.79 Å². The molecule has 96 valence electrons. The summed E-state index contributed by atoms with van der Waals surface area (Å²) >= 11 is 0. The molecule has 2 N–H and O–H groups in total. The number of amides is 1. The predicted molar refractivity (Wildman–Crippen MR) is 58.5 cm³/mol. The maximum absolute atomic E-state index is 13.6. The number of phenols is 1. The van der Waals surface area contributed by atoms with Gasteiger partial charge in [0.05, 0.1) is 5.56 Å². The second kappa shape index (κ2) is 4.36. The number of para-hydroxylation sites is 1. The van der Waals surface area contributed by atoms with Gasteiger partial charge in [-0.05, 0) is 25.0 Å². The molecule has 1 aromatic carbocycles. The van der Waals surface area contributed by atoms with Gasteiger partial charge < -0.3 is 10.4 Å². The zero-order chi connectivity index (χ0) is 13.3. The van der Waals surface area contributed by atoms with Gasteiger partial charge in [-0.1, -0.05) is 12.1 Å². The van der Waals surface area contributed by atoms with E-state index in [1.54, 1.807) is 0 Å². The van der Waals surface area contributed by atoms with Crippen LogP contribution < -0.4 is 5.32 Å². The van der Waals surface area contributed by atoms with Crippen LogP contribution in [0.3, 0.4) is 0 Å². The summed E-state index contributed by atoms with van der Waals surface area (Å²) in [5.74, 6) is -8.04. The number of benzene rings is 1. The molecular weight excluding hydrogens is 244 g/mol. The minimum absolute atomic E-state index is 0.263. The second-order valence-electron chi connectivity index (χ2n) is 4.17. The average molecular weight is 255 g/mol. The van der Waals surface area contributed by atoms with Gasteiger partial charge in [-0.2, -0.15) is 8.78 Å². The monoisotopic (exact) mass is 255 g/mol. The van der Waals surface area contributed by atoms with Crippen LogP contribution in [0.1, 0.15) is 23.2 Å². The van der Waals surface area contributed by atoms with Gasteiger partial charge in [0.2, 0.25) is 5.78 Å². The number of nitrogens with one attached hydrogen (secondary N) is 1. The Bertz CT molecular complexity index is 498. The maximum atomic E-state index is 13.6. The Morgan fingerprint density at radius 1 is 1.28 bits per heavy atom. The van der Waals surface area contributed by atoms with Gasteiger partial charge in [-0.15, -0.1) is 0 Å². The third-order valence-corrected chi connectivity index (χ3v) is 2.63. The van der Waals surface area contributed by atoms with Crippen molar-refractivity contribution in [3.05, 3.63) is 29.8 Å². The van der Waals surface area contributed by atoms with Crippen LogP contribution >= 0.6 is 0 Å². The Morgan fingerprint density at radius 3 is 2.44 bits per heavy atom. The Balaban J connectivity index is 2.20. The van der Waals surface area contributed by atoms with E-state index < -0.39 is 28.9 Å². The fourth-order valence-corrected chi connectivity index (χ4v) is 1.44. The van der Waals surface area contributed by atoms with Crippen molar-refractivity contribution in [3.8, 4) is 5.75 Å². The van der Waals surface area contributed by atoms with Crippen molar-refractivity contribution in [3.63, 3.8) is 0 Å². The van der Waals surface area contributed by atoms with E-state index in [0.717, 1.165) is 12.1 Å². The second-order valence-corrected chi connectivity index (χ2v) is 4.17. The number of ketones is 1. The third-order valence-electron chi connectivity index (χ3n) is 2.63. The topological polar surface area (TPSA) is 66.4 Å². The summed E-state index contributed by atoms with van der Waals surface area (Å²) in [5.41, 5.74) is -0.562. The Labute approximate surface area is 102 Å². The van der Waals surface area contributed by atoms with Crippen molar-refractivity contribution in [2.45, 2.75) is 24.8 Å². The van der Waals surface area contributed by atoms with Crippen molar-refractivity contribution < 1.29 is 23.5 Å². The molecule has 0 spiro atoms. The fraction of sp³-hybridized carbons (Fsp3) is 0.333. The van der Waals surface area contributed by atoms with E-state index in [9.17, 15) is 23.5 Å². The lowest BCUT2D eigenvalue weighted by Gasteiger charge is -2.15. The van der Waals surface area contributed by atoms with Crippen LogP contribution in [0.2, 0.25) is 0 Å². The molecule has 0 aliphatic heterocycles. The van der Waals surface area contributed by atoms with E-state index in [4.69, 9.17) is 0 Å². The Morgan fingerprint density at radius 2 is 1.89 bits per heavy atom. The number of carbonyl (C=O) groups is 2. The number of hydrogen-bond acceptors (Lipinski definition) is 3. The maximum Gasteiger partial charge on any atom is 0.386 e. The van der Waals surface area contributed by atoms with E-state index in [0.29, 0.717) is 12.8 Å². The first kappa shape index (κ1) is 12.5. The standard InChI is InChI=1S/C12H11F2NO3/c13-12(14,11(18)15-7-5-6-7)10(17)8-3-1-2-4-9(8)16/h1-4,7,16H,5-6H2,(H,15,18). The minimum atomic E-state index is -4.17. The molecule has 0 radical (unpaired) electrons. The first-order chi connectivity index (χ1) is 8.43. The first-order valence-electron chi connectivity index (χ1n) is 5.44. The third kappa shape index (κ3) is 2.32. The van der Waals surface area contributed by atoms with Gasteiger partial charge >= 0.3 is 5.92 Å². The van der Waals surface area contributed by atoms with Gasteiger partial charge in [0.1, 0.15) is 5.75 Å². The first-order valence-corrected chi connectivity index (χ1v) is 5.44. The molecule has 2 rings (SSSR count). The molecule has 18 heavy (non-hydrogen) atoms. The highest BCUT2D eigenvalue weighted by atomic mass is 19.3. The summed E-state index contributed by atoms with van der Waals surface area (Å²) in [4.78, 5) is 22.8. The highest BCUT2D eigenvalue weighted by molar-refractivity contribution is 6.16. The number of alkyl halides is 2. The van der Waals surface area contributed by atoms with Crippen molar-refractivity contribution in [2.24, 2.45) is 0 Å². The average Bonchev–Trinajstić information content (AvgIpc) is 3.12. The molecular formula is C12H11F2NO3. The van der Waals surface area contributed by atoms with Crippen LogP contribution in [0, 0.1) is 0 Å². The molecule has 4 nitrogen and oxygen atoms in total. The number of carbonyl (C=O) groups excluding carboxylic acids is 2. The molecule has 0 bridgehead atoms. The highest BCUT2D eigenvalue weighted by Crippen LogP contribution is 2.27. The zero-order valence-corrected chi connectivity index (χ0v) is 9.32. The molecule has 1 aliphatic rings.